The molecule has 0 aliphatic carbocycles. The molecule has 6 nitrogen and oxygen atoms in total. The molecule has 0 aliphatic heterocycles. The molecule has 0 spiro atoms. The predicted octanol–water partition coefficient (Wildman–Crippen LogP) is 0.0213. The van der Waals surface area contributed by atoms with Crippen molar-refractivity contribution in [1.29, 1.82) is 5.26 Å². The van der Waals surface area contributed by atoms with Crippen LogP contribution in [-0.2, 0) is 14.3 Å². The molecule has 0 unspecified atom stereocenters. The average Bonchev–Trinajstić information content (AvgIpc) is 2.16. The topological polar surface area (TPSA) is 99.4 Å². The van der Waals surface area contributed by atoms with Gasteiger partial charge in [0.2, 0.25) is 5.91 Å². The van der Waals surface area contributed by atoms with Crippen molar-refractivity contribution in [1.82, 2.24) is 5.32 Å². The van der Waals surface area contributed by atoms with Crippen molar-refractivity contribution in [2.75, 3.05) is 13.2 Å². The molecule has 2 N–H and O–H groups in total. The molecule has 0 atom stereocenters. The molecule has 0 aromatic heterocycles. The van der Waals surface area contributed by atoms with E-state index in [1.165, 1.54) is 13.0 Å². The maximum Gasteiger partial charge on any atom is 0.352 e. The Morgan fingerprint density at radius 2 is 2.13 bits per heavy atom. The summed E-state index contributed by atoms with van der Waals surface area (Å²) >= 11 is 0. The zero-order valence-electron chi connectivity index (χ0n) is 8.53. The molecule has 0 aromatic rings. The number of rotatable bonds is 4. The number of hydrogen-bond donors (Lipinski definition) is 2. The normalized spacial score (nSPS) is 11.0. The van der Waals surface area contributed by atoms with E-state index in [0.29, 0.717) is 0 Å². The second-order valence-corrected chi connectivity index (χ2v) is 2.56. The highest BCUT2D eigenvalue weighted by molar-refractivity contribution is 5.93. The summed E-state index contributed by atoms with van der Waals surface area (Å²) in [6, 6.07) is 1.51. The Bertz CT molecular complexity index is 327. The van der Waals surface area contributed by atoms with Crippen molar-refractivity contribution >= 4 is 11.9 Å². The molecule has 0 fully saturated rings. The number of carbonyl (C=O) groups is 2. The van der Waals surface area contributed by atoms with Gasteiger partial charge in [0.15, 0.2) is 5.57 Å². The fraction of sp³-hybridized carbons (Fsp3) is 0.444. The third kappa shape index (κ3) is 4.67. The van der Waals surface area contributed by atoms with Gasteiger partial charge in [0, 0.05) is 6.92 Å². The fourth-order valence-electron chi connectivity index (χ4n) is 0.728. The van der Waals surface area contributed by atoms with Gasteiger partial charge < -0.3 is 15.2 Å². The molecule has 0 bridgehead atoms. The molecule has 0 rings (SSSR count). The first kappa shape index (κ1) is 13.0. The predicted molar refractivity (Wildman–Crippen MR) is 50.6 cm³/mol. The first-order valence-corrected chi connectivity index (χ1v) is 4.26. The van der Waals surface area contributed by atoms with E-state index in [2.05, 4.69) is 10.1 Å². The van der Waals surface area contributed by atoms with E-state index in [-0.39, 0.29) is 19.1 Å². The summed E-state index contributed by atoms with van der Waals surface area (Å²) in [4.78, 5) is 21.6. The number of aliphatic hydroxyl groups excluding tert-OH is 1. The Labute approximate surface area is 87.1 Å². The SMILES string of the molecule is CCOC(=O)/C(C#N)=C(/O)CNC(C)=O. The molecule has 0 aromatic carbocycles. The molecule has 15 heavy (non-hydrogen) atoms. The summed E-state index contributed by atoms with van der Waals surface area (Å²) in [6.45, 7) is 2.68. The standard InChI is InChI=1S/C9H12N2O4/c1-3-15-9(14)7(4-10)8(13)5-11-6(2)12/h13H,3,5H2,1-2H3,(H,11,12)/b8-7+. The number of nitrogens with one attached hydrogen (secondary N) is 1. The number of nitriles is 1. The minimum atomic E-state index is -0.900. The molecule has 0 aliphatic rings. The van der Waals surface area contributed by atoms with Crippen LogP contribution < -0.4 is 5.32 Å². The van der Waals surface area contributed by atoms with Crippen molar-refractivity contribution in [3.8, 4) is 6.07 Å². The van der Waals surface area contributed by atoms with E-state index in [1.807, 2.05) is 0 Å². The fourth-order valence-corrected chi connectivity index (χ4v) is 0.728. The molecule has 6 heteroatoms. The lowest BCUT2D eigenvalue weighted by Gasteiger charge is -2.04. The second-order valence-electron chi connectivity index (χ2n) is 2.56. The maximum atomic E-state index is 11.1. The largest absolute Gasteiger partial charge is 0.509 e. The van der Waals surface area contributed by atoms with Gasteiger partial charge in [0.05, 0.1) is 13.2 Å². The highest BCUT2D eigenvalue weighted by Gasteiger charge is 2.15. The Kier molecular flexibility index (Phi) is 5.56. The smallest absolute Gasteiger partial charge is 0.352 e. The lowest BCUT2D eigenvalue weighted by atomic mass is 10.2. The van der Waals surface area contributed by atoms with Gasteiger partial charge in [-0.2, -0.15) is 5.26 Å². The Balaban J connectivity index is 4.61. The van der Waals surface area contributed by atoms with Gasteiger partial charge in [-0.15, -0.1) is 0 Å². The van der Waals surface area contributed by atoms with Crippen molar-refractivity contribution in [3.63, 3.8) is 0 Å². The summed E-state index contributed by atoms with van der Waals surface area (Å²) in [5.74, 6) is -1.78. The summed E-state index contributed by atoms with van der Waals surface area (Å²) in [6.07, 6.45) is 0. The summed E-state index contributed by atoms with van der Waals surface area (Å²) in [7, 11) is 0. The van der Waals surface area contributed by atoms with E-state index in [0.717, 1.165) is 0 Å². The number of ether oxygens (including phenoxy) is 1. The Morgan fingerprint density at radius 1 is 1.53 bits per heavy atom. The van der Waals surface area contributed by atoms with Crippen LogP contribution in [0.2, 0.25) is 0 Å². The molecule has 0 heterocycles. The van der Waals surface area contributed by atoms with Gasteiger partial charge in [0.25, 0.3) is 0 Å². The van der Waals surface area contributed by atoms with E-state index >= 15 is 0 Å². The maximum absolute atomic E-state index is 11.1. The van der Waals surface area contributed by atoms with E-state index in [4.69, 9.17) is 5.26 Å². The van der Waals surface area contributed by atoms with Crippen LogP contribution in [-0.4, -0.2) is 30.1 Å². The van der Waals surface area contributed by atoms with E-state index < -0.39 is 17.3 Å². The lowest BCUT2D eigenvalue weighted by Crippen LogP contribution is -2.24. The van der Waals surface area contributed by atoms with Crippen LogP contribution in [0.5, 0.6) is 0 Å². The summed E-state index contributed by atoms with van der Waals surface area (Å²) in [5, 5.41) is 20.1. The van der Waals surface area contributed by atoms with Gasteiger partial charge in [0.1, 0.15) is 11.8 Å². The molecule has 0 saturated carbocycles. The Morgan fingerprint density at radius 3 is 2.53 bits per heavy atom. The van der Waals surface area contributed by atoms with Crippen molar-refractivity contribution < 1.29 is 19.4 Å². The van der Waals surface area contributed by atoms with E-state index in [1.54, 1.807) is 6.92 Å². The zero-order chi connectivity index (χ0) is 11.8. The lowest BCUT2D eigenvalue weighted by molar-refractivity contribution is -0.138. The van der Waals surface area contributed by atoms with Crippen molar-refractivity contribution in [2.45, 2.75) is 13.8 Å². The number of amides is 1. The van der Waals surface area contributed by atoms with Crippen LogP contribution in [0.1, 0.15) is 13.8 Å². The van der Waals surface area contributed by atoms with Gasteiger partial charge in [-0.3, -0.25) is 4.79 Å². The molecule has 82 valence electrons. The quantitative estimate of drug-likeness (QED) is 0.296. The van der Waals surface area contributed by atoms with Gasteiger partial charge >= 0.3 is 5.97 Å². The molecular formula is C9H12N2O4. The minimum absolute atomic E-state index is 0.109. The molecule has 0 radical (unpaired) electrons. The molecule has 0 saturated heterocycles. The van der Waals surface area contributed by atoms with Crippen LogP contribution in [0.4, 0.5) is 0 Å². The third-order valence-electron chi connectivity index (χ3n) is 1.38. The average molecular weight is 212 g/mol. The van der Waals surface area contributed by atoms with E-state index in [9.17, 15) is 14.7 Å². The van der Waals surface area contributed by atoms with Gasteiger partial charge in [-0.25, -0.2) is 4.79 Å². The summed E-state index contributed by atoms with van der Waals surface area (Å²) < 4.78 is 4.53. The number of nitrogens with zero attached hydrogens (tertiary/aromatic N) is 1. The first-order valence-electron chi connectivity index (χ1n) is 4.26. The zero-order valence-corrected chi connectivity index (χ0v) is 8.53. The highest BCUT2D eigenvalue weighted by Crippen LogP contribution is 2.02. The van der Waals surface area contributed by atoms with Crippen molar-refractivity contribution in [2.24, 2.45) is 0 Å². The summed E-state index contributed by atoms with van der Waals surface area (Å²) in [5.41, 5.74) is -0.495. The second kappa shape index (κ2) is 6.43. The third-order valence-corrected chi connectivity index (χ3v) is 1.38. The van der Waals surface area contributed by atoms with Crippen LogP contribution in [0.15, 0.2) is 11.3 Å². The number of aliphatic hydroxyl groups is 1. The van der Waals surface area contributed by atoms with Gasteiger partial charge in [-0.1, -0.05) is 0 Å². The van der Waals surface area contributed by atoms with Crippen LogP contribution in [0, 0.1) is 11.3 Å². The highest BCUT2D eigenvalue weighted by atomic mass is 16.5. The monoisotopic (exact) mass is 212 g/mol. The Hall–Kier alpha value is -2.03. The van der Waals surface area contributed by atoms with Crippen LogP contribution in [0.25, 0.3) is 0 Å². The number of esters is 1. The van der Waals surface area contributed by atoms with Crippen LogP contribution in [0.3, 0.4) is 0 Å². The van der Waals surface area contributed by atoms with Gasteiger partial charge in [-0.05, 0) is 6.92 Å². The van der Waals surface area contributed by atoms with Crippen molar-refractivity contribution in [3.05, 3.63) is 11.3 Å². The minimum Gasteiger partial charge on any atom is -0.509 e. The number of hydrogen-bond acceptors (Lipinski definition) is 5. The number of carbonyl (C=O) groups excluding carboxylic acids is 2. The van der Waals surface area contributed by atoms with Crippen LogP contribution >= 0.6 is 0 Å². The first-order chi connectivity index (χ1) is 7.02. The molecular weight excluding hydrogens is 200 g/mol. The molecule has 1 amide bonds.